The second kappa shape index (κ2) is 11.0. The lowest BCUT2D eigenvalue weighted by Gasteiger charge is -2.37. The number of aliphatic hydroxyl groups is 1. The van der Waals surface area contributed by atoms with Crippen LogP contribution in [0, 0.1) is 11.8 Å². The summed E-state index contributed by atoms with van der Waals surface area (Å²) in [5, 5.41) is 9.92. The summed E-state index contributed by atoms with van der Waals surface area (Å²) in [5.74, 6) is -2.43. The Kier molecular flexibility index (Phi) is 7.66. The van der Waals surface area contributed by atoms with Crippen molar-refractivity contribution >= 4 is 23.4 Å². The Morgan fingerprint density at radius 1 is 1.02 bits per heavy atom. The summed E-state index contributed by atoms with van der Waals surface area (Å²) >= 11 is 0. The highest BCUT2D eigenvalue weighted by atomic mass is 16.5. The van der Waals surface area contributed by atoms with Crippen LogP contribution in [0.2, 0.25) is 0 Å². The van der Waals surface area contributed by atoms with Crippen LogP contribution in [0.25, 0.3) is 0 Å². The van der Waals surface area contributed by atoms with E-state index < -0.39 is 29.1 Å². The van der Waals surface area contributed by atoms with Gasteiger partial charge in [-0.05, 0) is 37.5 Å². The Hall–Kier alpha value is -3.75. The maximum absolute atomic E-state index is 14.3. The number of carbonyl (C=O) groups excluding carboxylic acids is 3. The molecule has 3 fully saturated rings. The molecule has 5 rings (SSSR count). The highest BCUT2D eigenvalue weighted by Crippen LogP contribution is 2.63. The number of likely N-dealkylation sites (tertiary alicyclic amines) is 1. The number of rotatable bonds is 11. The zero-order valence-electron chi connectivity index (χ0n) is 22.9. The fraction of sp³-hybridized carbons (Fsp3) is 0.406. The number of nitrogens with zero attached hydrogens (tertiary/aromatic N) is 3. The Bertz CT molecular complexity index is 1280. The zero-order chi connectivity index (χ0) is 28.5. The molecule has 0 aliphatic carbocycles. The second-order valence-corrected chi connectivity index (χ2v) is 11.0. The number of benzene rings is 2. The number of hydrogen-bond donors (Lipinski definition) is 1. The second-order valence-electron chi connectivity index (χ2n) is 11.0. The summed E-state index contributed by atoms with van der Waals surface area (Å²) < 4.78 is 6.74. The fourth-order valence-corrected chi connectivity index (χ4v) is 7.02. The van der Waals surface area contributed by atoms with Crippen LogP contribution in [-0.2, 0) is 25.7 Å². The van der Waals surface area contributed by atoms with Crippen LogP contribution in [0.3, 0.4) is 0 Å². The van der Waals surface area contributed by atoms with Crippen molar-refractivity contribution in [2.24, 2.45) is 11.8 Å². The monoisotopic (exact) mass is 543 g/mol. The molecule has 3 heterocycles. The largest absolute Gasteiger partial charge is 0.395 e. The van der Waals surface area contributed by atoms with E-state index in [4.69, 9.17) is 4.74 Å². The summed E-state index contributed by atoms with van der Waals surface area (Å²) in [6.45, 7) is 10.1. The Labute approximate surface area is 235 Å². The Morgan fingerprint density at radius 2 is 1.68 bits per heavy atom. The molecule has 3 aliphatic heterocycles. The quantitative estimate of drug-likeness (QED) is 0.440. The van der Waals surface area contributed by atoms with E-state index >= 15 is 0 Å². The first-order valence-electron chi connectivity index (χ1n) is 13.8. The van der Waals surface area contributed by atoms with Crippen molar-refractivity contribution in [3.63, 3.8) is 0 Å². The molecule has 2 aromatic carbocycles. The molecule has 0 saturated carbocycles. The average molecular weight is 544 g/mol. The van der Waals surface area contributed by atoms with E-state index in [0.717, 1.165) is 5.56 Å². The summed E-state index contributed by atoms with van der Waals surface area (Å²) in [5.41, 5.74) is -0.411. The van der Waals surface area contributed by atoms with E-state index in [1.54, 1.807) is 22.0 Å². The topological polar surface area (TPSA) is 90.4 Å². The highest BCUT2D eigenvalue weighted by Gasteiger charge is 2.78. The van der Waals surface area contributed by atoms with Gasteiger partial charge in [-0.3, -0.25) is 14.4 Å². The van der Waals surface area contributed by atoms with Gasteiger partial charge in [0.2, 0.25) is 17.7 Å². The molecule has 210 valence electrons. The summed E-state index contributed by atoms with van der Waals surface area (Å²) in [7, 11) is 0. The van der Waals surface area contributed by atoms with Gasteiger partial charge >= 0.3 is 0 Å². The van der Waals surface area contributed by atoms with Crippen molar-refractivity contribution in [1.29, 1.82) is 0 Å². The number of ether oxygens (including phenoxy) is 1. The van der Waals surface area contributed by atoms with Gasteiger partial charge in [-0.25, -0.2) is 0 Å². The first kappa shape index (κ1) is 27.8. The van der Waals surface area contributed by atoms with Crippen molar-refractivity contribution in [1.82, 2.24) is 9.80 Å². The van der Waals surface area contributed by atoms with Crippen LogP contribution in [0.4, 0.5) is 5.69 Å². The van der Waals surface area contributed by atoms with Crippen LogP contribution in [-0.4, -0.2) is 76.1 Å². The van der Waals surface area contributed by atoms with Crippen LogP contribution in [0.1, 0.15) is 25.3 Å². The van der Waals surface area contributed by atoms with E-state index in [1.165, 1.54) is 4.90 Å². The van der Waals surface area contributed by atoms with E-state index in [0.29, 0.717) is 25.1 Å². The van der Waals surface area contributed by atoms with Gasteiger partial charge < -0.3 is 24.5 Å². The molecule has 1 spiro atoms. The molecule has 0 aromatic heterocycles. The minimum atomic E-state index is -1.16. The van der Waals surface area contributed by atoms with Crippen molar-refractivity contribution in [3.8, 4) is 0 Å². The highest BCUT2D eigenvalue weighted by molar-refractivity contribution is 6.03. The average Bonchev–Trinajstić information content (AvgIpc) is 3.53. The first-order chi connectivity index (χ1) is 19.3. The minimum absolute atomic E-state index is 0.0171. The third-order valence-corrected chi connectivity index (χ3v) is 8.64. The molecule has 5 atom stereocenters. The maximum Gasteiger partial charge on any atom is 0.248 e. The Balaban J connectivity index is 1.54. The molecule has 2 unspecified atom stereocenters. The number of fused-ring (bicyclic) bond motifs is 1. The summed E-state index contributed by atoms with van der Waals surface area (Å²) in [4.78, 5) is 47.5. The van der Waals surface area contributed by atoms with Gasteiger partial charge in [-0.1, -0.05) is 60.7 Å². The van der Waals surface area contributed by atoms with E-state index in [1.807, 2.05) is 67.6 Å². The normalized spacial score (nSPS) is 28.3. The van der Waals surface area contributed by atoms with Crippen LogP contribution < -0.4 is 4.90 Å². The molecule has 2 aromatic rings. The summed E-state index contributed by atoms with van der Waals surface area (Å²) in [6.07, 6.45) is 4.34. The molecule has 8 heteroatoms. The van der Waals surface area contributed by atoms with E-state index in [9.17, 15) is 19.5 Å². The van der Waals surface area contributed by atoms with Gasteiger partial charge in [0.1, 0.15) is 11.6 Å². The molecule has 0 radical (unpaired) electrons. The summed E-state index contributed by atoms with van der Waals surface area (Å²) in [6, 6.07) is 18.0. The van der Waals surface area contributed by atoms with Gasteiger partial charge in [0, 0.05) is 31.9 Å². The molecule has 40 heavy (non-hydrogen) atoms. The van der Waals surface area contributed by atoms with Crippen molar-refractivity contribution < 1.29 is 24.2 Å². The lowest BCUT2D eigenvalue weighted by atomic mass is 9.66. The minimum Gasteiger partial charge on any atom is -0.395 e. The van der Waals surface area contributed by atoms with Gasteiger partial charge in [0.05, 0.1) is 24.0 Å². The number of aliphatic hydroxyl groups excluding tert-OH is 1. The Morgan fingerprint density at radius 3 is 2.30 bits per heavy atom. The molecule has 3 amide bonds. The third-order valence-electron chi connectivity index (χ3n) is 8.64. The molecule has 2 bridgehead atoms. The van der Waals surface area contributed by atoms with Gasteiger partial charge in [0.15, 0.2) is 0 Å². The number of hydrogen-bond acceptors (Lipinski definition) is 5. The molecular weight excluding hydrogens is 506 g/mol. The third kappa shape index (κ3) is 4.45. The molecule has 3 saturated heterocycles. The van der Waals surface area contributed by atoms with Crippen molar-refractivity contribution in [3.05, 3.63) is 91.5 Å². The SMILES string of the molecule is C=CCN(Cc1ccccc1)C(=O)C1N(CCO)C(=O)[C@@H]2[C@H](C(=O)N(CC=C)c3ccccc3)[C@]3(C)CCC12O3. The van der Waals surface area contributed by atoms with Gasteiger partial charge in [0.25, 0.3) is 0 Å². The van der Waals surface area contributed by atoms with E-state index in [-0.39, 0.29) is 44.0 Å². The van der Waals surface area contributed by atoms with Crippen LogP contribution in [0.15, 0.2) is 86.0 Å². The smallest absolute Gasteiger partial charge is 0.248 e. The molecule has 8 nitrogen and oxygen atoms in total. The van der Waals surface area contributed by atoms with Crippen molar-refractivity contribution in [2.75, 3.05) is 31.1 Å². The molecule has 1 N–H and O–H groups in total. The van der Waals surface area contributed by atoms with Crippen LogP contribution >= 0.6 is 0 Å². The molecular formula is C32H37N3O5. The maximum atomic E-state index is 14.3. The molecule has 3 aliphatic rings. The lowest BCUT2D eigenvalue weighted by molar-refractivity contribution is -0.152. The number of amides is 3. The lowest BCUT2D eigenvalue weighted by Crippen LogP contribution is -2.56. The van der Waals surface area contributed by atoms with Crippen LogP contribution in [0.5, 0.6) is 0 Å². The number of para-hydroxylation sites is 1. The standard InChI is InChI=1S/C32H37N3O5/c1-4-18-33(22-23-12-8-6-9-13-23)30(39)27-32-17-16-31(3,40-32)25(26(32)29(38)35(27)20-21-36)28(37)34(19-5-2)24-14-10-7-11-15-24/h4-15,25-27,36H,1-2,16-22H2,3H3/t25-,26+,27?,31+,32?/m1/s1. The predicted octanol–water partition coefficient (Wildman–Crippen LogP) is 3.18. The van der Waals surface area contributed by atoms with Gasteiger partial charge in [-0.15, -0.1) is 13.2 Å². The zero-order valence-corrected chi connectivity index (χ0v) is 22.9. The number of anilines is 1. The number of carbonyl (C=O) groups is 3. The van der Waals surface area contributed by atoms with E-state index in [2.05, 4.69) is 13.2 Å². The van der Waals surface area contributed by atoms with Gasteiger partial charge in [-0.2, -0.15) is 0 Å². The fourth-order valence-electron chi connectivity index (χ4n) is 7.02. The van der Waals surface area contributed by atoms with Crippen molar-refractivity contribution in [2.45, 2.75) is 43.6 Å². The first-order valence-corrected chi connectivity index (χ1v) is 13.8. The number of β-amino-alcohol motifs (C(OH)–C–C–N with tert-alkyl or cyclic N) is 1. The predicted molar refractivity (Wildman–Crippen MR) is 152 cm³/mol.